The van der Waals surface area contributed by atoms with E-state index in [0.717, 1.165) is 12.5 Å². The average molecular weight is 212 g/mol. The van der Waals surface area contributed by atoms with Crippen molar-refractivity contribution in [1.82, 2.24) is 4.90 Å². The monoisotopic (exact) mass is 212 g/mol. The van der Waals surface area contributed by atoms with Gasteiger partial charge in [0.2, 0.25) is 0 Å². The van der Waals surface area contributed by atoms with Gasteiger partial charge in [-0.25, -0.2) is 0 Å². The molecule has 0 aromatic heterocycles. The number of hydrogen-bond acceptors (Lipinski definition) is 2. The third kappa shape index (κ3) is 3.76. The van der Waals surface area contributed by atoms with Crippen LogP contribution in [0.5, 0.6) is 0 Å². The van der Waals surface area contributed by atoms with Crippen LogP contribution in [0.1, 0.15) is 40.0 Å². The molecule has 0 bridgehead atoms. The quantitative estimate of drug-likeness (QED) is 0.761. The van der Waals surface area contributed by atoms with Crippen LogP contribution in [0.15, 0.2) is 0 Å². The second-order valence-electron chi connectivity index (χ2n) is 6.56. The van der Waals surface area contributed by atoms with E-state index in [1.807, 2.05) is 0 Å². The van der Waals surface area contributed by atoms with Gasteiger partial charge in [0, 0.05) is 12.6 Å². The van der Waals surface area contributed by atoms with Crippen molar-refractivity contribution >= 4 is 0 Å². The molecule has 0 amide bonds. The first-order chi connectivity index (χ1) is 6.80. The molecule has 0 spiro atoms. The van der Waals surface area contributed by atoms with Gasteiger partial charge in [0.25, 0.3) is 0 Å². The molecule has 0 aliphatic heterocycles. The van der Waals surface area contributed by atoms with Gasteiger partial charge in [0.05, 0.1) is 0 Å². The van der Waals surface area contributed by atoms with Crippen LogP contribution in [-0.4, -0.2) is 31.6 Å². The molecule has 2 heteroatoms. The molecule has 0 aromatic carbocycles. The van der Waals surface area contributed by atoms with Crippen LogP contribution < -0.4 is 5.73 Å². The van der Waals surface area contributed by atoms with E-state index in [-0.39, 0.29) is 0 Å². The van der Waals surface area contributed by atoms with Gasteiger partial charge in [-0.3, -0.25) is 0 Å². The zero-order valence-electron chi connectivity index (χ0n) is 11.1. The first kappa shape index (κ1) is 13.0. The largest absolute Gasteiger partial charge is 0.327 e. The van der Waals surface area contributed by atoms with E-state index < -0.39 is 0 Å². The first-order valence-electron chi connectivity index (χ1n) is 6.21. The summed E-state index contributed by atoms with van der Waals surface area (Å²) in [5.74, 6) is 1.54. The highest BCUT2D eigenvalue weighted by Gasteiger charge is 2.34. The molecule has 0 radical (unpaired) electrons. The molecule has 2 nitrogen and oxygen atoms in total. The molecule has 90 valence electrons. The molecule has 3 unspecified atom stereocenters. The van der Waals surface area contributed by atoms with Crippen molar-refractivity contribution in [3.8, 4) is 0 Å². The Morgan fingerprint density at radius 1 is 1.20 bits per heavy atom. The zero-order chi connectivity index (χ0) is 11.6. The maximum Gasteiger partial charge on any atom is 0.00795 e. The molecule has 1 aliphatic carbocycles. The van der Waals surface area contributed by atoms with Crippen LogP contribution in [0, 0.1) is 17.3 Å². The summed E-state index contributed by atoms with van der Waals surface area (Å²) in [7, 11) is 4.29. The zero-order valence-corrected chi connectivity index (χ0v) is 11.1. The van der Waals surface area contributed by atoms with E-state index in [2.05, 4.69) is 39.8 Å². The Hall–Kier alpha value is -0.0800. The summed E-state index contributed by atoms with van der Waals surface area (Å²) in [6, 6.07) is 0.422. The smallest absolute Gasteiger partial charge is 0.00795 e. The first-order valence-corrected chi connectivity index (χ1v) is 6.21. The predicted octanol–water partition coefficient (Wildman–Crippen LogP) is 2.34. The highest BCUT2D eigenvalue weighted by Crippen LogP contribution is 2.39. The molecule has 3 atom stereocenters. The Kier molecular flexibility index (Phi) is 4.19. The van der Waals surface area contributed by atoms with Crippen molar-refractivity contribution in [2.75, 3.05) is 20.6 Å². The van der Waals surface area contributed by atoms with Crippen LogP contribution in [0.4, 0.5) is 0 Å². The fraction of sp³-hybridized carbons (Fsp3) is 1.00. The van der Waals surface area contributed by atoms with Crippen LogP contribution in [0.3, 0.4) is 0 Å². The standard InChI is InChI=1S/C13H28N2/c1-13(2,3)11-6-7-12(14)10(8-11)9-15(4)5/h10-12H,6-9,14H2,1-5H3. The fourth-order valence-corrected chi connectivity index (χ4v) is 2.75. The molecule has 1 saturated carbocycles. The lowest BCUT2D eigenvalue weighted by molar-refractivity contribution is 0.111. The van der Waals surface area contributed by atoms with E-state index in [1.54, 1.807) is 0 Å². The predicted molar refractivity (Wildman–Crippen MR) is 66.8 cm³/mol. The number of nitrogens with zero attached hydrogens (tertiary/aromatic N) is 1. The summed E-state index contributed by atoms with van der Waals surface area (Å²) < 4.78 is 0. The van der Waals surface area contributed by atoms with Crippen LogP contribution in [0.2, 0.25) is 0 Å². The van der Waals surface area contributed by atoms with Gasteiger partial charge in [-0.2, -0.15) is 0 Å². The fourth-order valence-electron chi connectivity index (χ4n) is 2.75. The minimum atomic E-state index is 0.422. The highest BCUT2D eigenvalue weighted by atomic mass is 15.1. The molecule has 0 heterocycles. The van der Waals surface area contributed by atoms with Gasteiger partial charge in [-0.1, -0.05) is 20.8 Å². The van der Waals surface area contributed by atoms with Crippen molar-refractivity contribution in [2.24, 2.45) is 23.0 Å². The van der Waals surface area contributed by atoms with Crippen LogP contribution in [0.25, 0.3) is 0 Å². The maximum absolute atomic E-state index is 6.21. The third-order valence-corrected chi connectivity index (χ3v) is 3.87. The van der Waals surface area contributed by atoms with Gasteiger partial charge < -0.3 is 10.6 Å². The molecule has 1 aliphatic rings. The number of rotatable bonds is 2. The third-order valence-electron chi connectivity index (χ3n) is 3.87. The van der Waals surface area contributed by atoms with E-state index in [4.69, 9.17) is 5.73 Å². The minimum absolute atomic E-state index is 0.422. The Labute approximate surface area is 95.2 Å². The van der Waals surface area contributed by atoms with E-state index in [0.29, 0.717) is 17.4 Å². The highest BCUT2D eigenvalue weighted by molar-refractivity contribution is 4.88. The molecule has 0 aromatic rings. The van der Waals surface area contributed by atoms with Crippen molar-refractivity contribution in [1.29, 1.82) is 0 Å². The Morgan fingerprint density at radius 3 is 2.27 bits per heavy atom. The number of nitrogens with two attached hydrogens (primary N) is 1. The van der Waals surface area contributed by atoms with Crippen molar-refractivity contribution in [3.05, 3.63) is 0 Å². The Bertz CT molecular complexity index is 193. The topological polar surface area (TPSA) is 29.3 Å². The summed E-state index contributed by atoms with van der Waals surface area (Å²) in [6.07, 6.45) is 3.83. The van der Waals surface area contributed by atoms with Crippen molar-refractivity contribution < 1.29 is 0 Å². The van der Waals surface area contributed by atoms with Crippen LogP contribution >= 0.6 is 0 Å². The molecule has 1 rings (SSSR count). The molecular weight excluding hydrogens is 184 g/mol. The van der Waals surface area contributed by atoms with Crippen molar-refractivity contribution in [3.63, 3.8) is 0 Å². The minimum Gasteiger partial charge on any atom is -0.327 e. The lowest BCUT2D eigenvalue weighted by atomic mass is 9.67. The summed E-state index contributed by atoms with van der Waals surface area (Å²) in [4.78, 5) is 2.27. The molecule has 15 heavy (non-hydrogen) atoms. The Balaban J connectivity index is 2.56. The lowest BCUT2D eigenvalue weighted by Gasteiger charge is -2.41. The summed E-state index contributed by atoms with van der Waals surface area (Å²) in [6.45, 7) is 8.23. The number of hydrogen-bond donors (Lipinski definition) is 1. The normalized spacial score (nSPS) is 33.4. The van der Waals surface area contributed by atoms with Crippen LogP contribution in [-0.2, 0) is 0 Å². The second kappa shape index (κ2) is 4.84. The SMILES string of the molecule is CN(C)CC1CC(C(C)(C)C)CCC1N. The van der Waals surface area contributed by atoms with E-state index in [9.17, 15) is 0 Å². The molecule has 0 saturated heterocycles. The van der Waals surface area contributed by atoms with E-state index in [1.165, 1.54) is 19.3 Å². The van der Waals surface area contributed by atoms with Gasteiger partial charge in [0.1, 0.15) is 0 Å². The van der Waals surface area contributed by atoms with Gasteiger partial charge in [-0.05, 0) is 50.6 Å². The summed E-state index contributed by atoms with van der Waals surface area (Å²) >= 11 is 0. The molecule has 1 fully saturated rings. The summed E-state index contributed by atoms with van der Waals surface area (Å²) in [5, 5.41) is 0. The van der Waals surface area contributed by atoms with Gasteiger partial charge in [-0.15, -0.1) is 0 Å². The lowest BCUT2D eigenvalue weighted by Crippen LogP contribution is -2.43. The molecular formula is C13H28N2. The van der Waals surface area contributed by atoms with E-state index >= 15 is 0 Å². The Morgan fingerprint density at radius 2 is 1.80 bits per heavy atom. The second-order valence-corrected chi connectivity index (χ2v) is 6.56. The summed E-state index contributed by atoms with van der Waals surface area (Å²) in [5.41, 5.74) is 6.66. The van der Waals surface area contributed by atoms with Gasteiger partial charge >= 0.3 is 0 Å². The van der Waals surface area contributed by atoms with Crippen molar-refractivity contribution in [2.45, 2.75) is 46.1 Å². The average Bonchev–Trinajstić information content (AvgIpc) is 2.06. The van der Waals surface area contributed by atoms with Gasteiger partial charge in [0.15, 0.2) is 0 Å². The molecule has 2 N–H and O–H groups in total. The maximum atomic E-state index is 6.21.